The molecule has 11 nitrogen and oxygen atoms in total. The molecule has 0 bridgehead atoms. The first-order chi connectivity index (χ1) is 69.6. The van der Waals surface area contributed by atoms with Crippen molar-refractivity contribution in [3.05, 3.63) is 445 Å². The van der Waals surface area contributed by atoms with Gasteiger partial charge >= 0.3 is 29.6 Å². The van der Waals surface area contributed by atoms with Gasteiger partial charge in [0, 0.05) is 167 Å². The van der Waals surface area contributed by atoms with Crippen LogP contribution in [0.5, 0.6) is 0 Å². The zero-order valence-electron chi connectivity index (χ0n) is 80.2. The summed E-state index contributed by atoms with van der Waals surface area (Å²) in [4.78, 5) is 4.62. The molecule has 0 radical (unpaired) electrons. The van der Waals surface area contributed by atoms with Gasteiger partial charge in [-0.15, -0.1) is 5.60 Å². The molecule has 0 aliphatic heterocycles. The maximum atomic E-state index is 10.1. The summed E-state index contributed by atoms with van der Waals surface area (Å²) in [7, 11) is 0. The minimum absolute atomic E-state index is 0. The van der Waals surface area contributed by atoms with Crippen LogP contribution >= 0.6 is 23.2 Å². The Morgan fingerprint density at radius 3 is 0.861 bits per heavy atom. The number of halogens is 2. The average Bonchev–Trinajstić information content (AvgIpc) is 1.55. The average molecular weight is 1920 g/mol. The Labute approximate surface area is 861 Å². The van der Waals surface area contributed by atoms with Gasteiger partial charge in [0.25, 0.3) is 0 Å². The van der Waals surface area contributed by atoms with E-state index < -0.39 is 5.60 Å². The van der Waals surface area contributed by atoms with E-state index in [2.05, 4.69) is 346 Å². The third kappa shape index (κ3) is 16.0. The summed E-state index contributed by atoms with van der Waals surface area (Å²) in [6.45, 7) is 14.2. The Bertz CT molecular complexity index is 9280. The van der Waals surface area contributed by atoms with Crippen LogP contribution in [0.1, 0.15) is 70.7 Å². The van der Waals surface area contributed by atoms with E-state index in [1.807, 2.05) is 109 Å². The van der Waals surface area contributed by atoms with Gasteiger partial charge in [0.15, 0.2) is 0 Å². The van der Waals surface area contributed by atoms with E-state index >= 15 is 0 Å². The predicted octanol–water partition coefficient (Wildman–Crippen LogP) is 35.1. The third-order valence-electron chi connectivity index (χ3n) is 28.4. The van der Waals surface area contributed by atoms with E-state index in [0.29, 0.717) is 10.0 Å². The zero-order valence-corrected chi connectivity index (χ0v) is 83.7. The first kappa shape index (κ1) is 89.3. The summed E-state index contributed by atoms with van der Waals surface area (Å²) in [5.74, 6) is 2.63. The quantitative estimate of drug-likeness (QED) is 0.124. The summed E-state index contributed by atoms with van der Waals surface area (Å²) in [5.41, 5.74) is 29.8. The summed E-state index contributed by atoms with van der Waals surface area (Å²) in [5, 5.41) is 34.0. The van der Waals surface area contributed by atoms with Crippen LogP contribution in [-0.4, -0.2) is 5.60 Å². The number of rotatable bonds is 11. The molecule has 0 spiro atoms. The molecule has 2 aliphatic rings. The number of nitrogens with one attached hydrogen (secondary N) is 1. The molecule has 2 aliphatic carbocycles. The Hall–Kier alpha value is -16.1. The molecule has 0 saturated carbocycles. The van der Waals surface area contributed by atoms with Crippen LogP contribution in [0.25, 0.3) is 209 Å². The summed E-state index contributed by atoms with van der Waals surface area (Å²) in [6.07, 6.45) is 0. The molecule has 20 aromatic carbocycles. The fourth-order valence-electron chi connectivity index (χ4n) is 21.4. The molecule has 27 aromatic rings. The Kier molecular flexibility index (Phi) is 21.7. The Morgan fingerprint density at radius 1 is 0.229 bits per heavy atom. The second-order valence-electron chi connectivity index (χ2n) is 39.5. The van der Waals surface area contributed by atoms with Crippen molar-refractivity contribution < 1.29 is 65.6 Å². The van der Waals surface area contributed by atoms with Crippen molar-refractivity contribution in [1.29, 1.82) is 0 Å². The summed E-state index contributed by atoms with van der Waals surface area (Å²) >= 11 is 12.4. The fraction of sp³-hybridized carbons (Fsp3) is 0.0769. The third-order valence-corrected chi connectivity index (χ3v) is 28.8. The molecule has 1 N–H and O–H groups in total. The molecule has 688 valence electrons. The van der Waals surface area contributed by atoms with Crippen LogP contribution in [-0.2, 0) is 10.8 Å². The number of anilines is 8. The van der Waals surface area contributed by atoms with Crippen LogP contribution in [0.2, 0.25) is 10.0 Å². The molecular formula is C130H90Cl2N3NaO8. The van der Waals surface area contributed by atoms with Crippen molar-refractivity contribution in [3.8, 4) is 56.2 Å². The van der Waals surface area contributed by atoms with E-state index in [1.54, 1.807) is 20.8 Å². The number of hydrogen-bond donors (Lipinski definition) is 1. The SMILES string of the molecule is CC(C)(C)[O-].CC1(C)c2cc3c(cc2-c2cc4oc5cc(Cl)ccc5c4cc21)oc1cc(Cl)ccc13.CC1(C)c2cc3c(cc2-c2cc4oc5cc(N(c6ccccc6)c6ccc7cc(-c8cc9ccccc9o8)ccc7c6)ccc5c4cc21)oc1cc(N(c2ccccc2)c2ccc4cc(-c5cc6ccccc6o5)ccc4c2)ccc13.[Na+].c1ccc(Nc2ccc3cc(-c4cc5ccccc5o4)ccc3c2)cc1. The predicted molar refractivity (Wildman–Crippen MR) is 591 cm³/mol. The Morgan fingerprint density at radius 2 is 0.507 bits per heavy atom. The maximum Gasteiger partial charge on any atom is 1.00 e. The number of fused-ring (bicyclic) bond motifs is 24. The monoisotopic (exact) mass is 1910 g/mol. The van der Waals surface area contributed by atoms with Gasteiger partial charge in [-0.2, -0.15) is 0 Å². The van der Waals surface area contributed by atoms with Crippen molar-refractivity contribution in [2.45, 2.75) is 64.9 Å². The molecule has 0 unspecified atom stereocenters. The van der Waals surface area contributed by atoms with E-state index in [1.165, 1.54) is 55.3 Å². The van der Waals surface area contributed by atoms with Crippen molar-refractivity contribution in [2.75, 3.05) is 15.1 Å². The largest absolute Gasteiger partial charge is 1.00 e. The molecule has 29 rings (SSSR count). The number of furan rings is 7. The van der Waals surface area contributed by atoms with Crippen LogP contribution in [0.3, 0.4) is 0 Å². The molecular weight excluding hydrogens is 1830 g/mol. The van der Waals surface area contributed by atoms with Crippen molar-refractivity contribution in [3.63, 3.8) is 0 Å². The van der Waals surface area contributed by atoms with Gasteiger partial charge in [-0.05, 0) is 301 Å². The second kappa shape index (κ2) is 35.0. The molecule has 0 amide bonds. The molecule has 7 aromatic heterocycles. The van der Waals surface area contributed by atoms with Crippen molar-refractivity contribution in [2.24, 2.45) is 0 Å². The minimum Gasteiger partial charge on any atom is -0.850 e. The number of nitrogens with zero attached hydrogens (tertiary/aromatic N) is 2. The van der Waals surface area contributed by atoms with Crippen molar-refractivity contribution in [1.82, 2.24) is 0 Å². The molecule has 14 heteroatoms. The Balaban J connectivity index is 0.000000139. The standard InChI is InChI=1S/C75H48N2O4.C27H16Cl2O2.C24H17NO.C4H9O.Na/c1-75(2)65-41-63-59-31-29-57(76(53-15-5-3-6-16-53)55-27-25-45-33-51(23-21-47(45)35-55)69-37-49-13-9-11-19-67(49)78-69)39-71(59)80-73(63)43-61(65)62-44-74-64(42-66(62)75)60-32-30-58(40-72(60)81-74)77(54-17-7-4-8-18-54)56-28-26-46-34-52(24-22-48(46)36-56)70-38-50-14-10-12-20-68(50)79-70;1-27(2)21-9-19-15-5-3-13(28)7-23(15)30-25(19)11-17(21)18-12-26-20(10-22(18)27)16-6-4-14(29)8-24(16)31-26;1-2-7-21(8-3-1)25-22-13-12-17-14-20(11-10-18(17)15-22)24-16-19-6-4-5-9-23(19)26-24;1-4(2,3)5;/h3-44H,1-2H3;3-12H,1-2H3;1-16,25H;1-3H3;/q;;;-1;+1. The zero-order chi connectivity index (χ0) is 96.4. The van der Waals surface area contributed by atoms with Gasteiger partial charge in [0.05, 0.1) is 0 Å². The normalized spacial score (nSPS) is 12.8. The fourth-order valence-corrected chi connectivity index (χ4v) is 21.7. The van der Waals surface area contributed by atoms with Crippen LogP contribution in [0, 0.1) is 0 Å². The molecule has 144 heavy (non-hydrogen) atoms. The molecule has 0 fully saturated rings. The molecule has 7 heterocycles. The van der Waals surface area contributed by atoms with Gasteiger partial charge in [-0.1, -0.05) is 235 Å². The van der Waals surface area contributed by atoms with E-state index in [0.717, 1.165) is 222 Å². The number of para-hydroxylation sites is 6. The number of hydrogen-bond acceptors (Lipinski definition) is 11. The topological polar surface area (TPSA) is 134 Å². The van der Waals surface area contributed by atoms with Crippen LogP contribution < -0.4 is 49.8 Å². The minimum atomic E-state index is -0.750. The van der Waals surface area contributed by atoms with Crippen LogP contribution in [0.15, 0.2) is 443 Å². The van der Waals surface area contributed by atoms with E-state index in [9.17, 15) is 5.11 Å². The van der Waals surface area contributed by atoms with Gasteiger partial charge < -0.3 is 51.1 Å². The van der Waals surface area contributed by atoms with Gasteiger partial charge in [-0.3, -0.25) is 0 Å². The van der Waals surface area contributed by atoms with Gasteiger partial charge in [0.2, 0.25) is 0 Å². The number of benzene rings is 20. The van der Waals surface area contributed by atoms with E-state index in [-0.39, 0.29) is 40.4 Å². The van der Waals surface area contributed by atoms with Gasteiger partial charge in [-0.25, -0.2) is 0 Å². The summed E-state index contributed by atoms with van der Waals surface area (Å²) in [6, 6.07) is 144. The van der Waals surface area contributed by atoms with Crippen molar-refractivity contribution >= 4 is 222 Å². The van der Waals surface area contributed by atoms with Crippen LogP contribution in [0.4, 0.5) is 45.5 Å². The summed E-state index contributed by atoms with van der Waals surface area (Å²) < 4.78 is 44.6. The molecule has 0 saturated heterocycles. The first-order valence-corrected chi connectivity index (χ1v) is 49.0. The van der Waals surface area contributed by atoms with E-state index in [4.69, 9.17) is 54.1 Å². The molecule has 0 atom stereocenters. The first-order valence-electron chi connectivity index (χ1n) is 48.2. The second-order valence-corrected chi connectivity index (χ2v) is 40.4. The van der Waals surface area contributed by atoms with Gasteiger partial charge in [0.1, 0.15) is 78.7 Å². The maximum absolute atomic E-state index is 10.1. The smallest absolute Gasteiger partial charge is 0.850 e.